The van der Waals surface area contributed by atoms with Gasteiger partial charge in [-0.2, -0.15) is 0 Å². The zero-order valence-corrected chi connectivity index (χ0v) is 18.9. The van der Waals surface area contributed by atoms with Gasteiger partial charge in [0, 0.05) is 20.1 Å². The normalized spacial score (nSPS) is 24.0. The van der Waals surface area contributed by atoms with E-state index < -0.39 is 42.0 Å². The van der Waals surface area contributed by atoms with Crippen LogP contribution in [-0.2, 0) is 20.8 Å². The van der Waals surface area contributed by atoms with Crippen LogP contribution in [0.3, 0.4) is 0 Å². The van der Waals surface area contributed by atoms with Crippen LogP contribution in [0.25, 0.3) is 0 Å². The number of carboxylic acids is 2. The number of carbonyl (C=O) groups is 4. The Morgan fingerprint density at radius 2 is 1.85 bits per heavy atom. The van der Waals surface area contributed by atoms with Crippen molar-refractivity contribution in [1.29, 1.82) is 0 Å². The minimum atomic E-state index is -1.09. The Bertz CT molecular complexity index is 879. The van der Waals surface area contributed by atoms with Gasteiger partial charge in [-0.1, -0.05) is 30.3 Å². The zero-order valence-electron chi connectivity index (χ0n) is 18.9. The van der Waals surface area contributed by atoms with Crippen LogP contribution >= 0.6 is 0 Å². The topological polar surface area (TPSA) is 139 Å². The summed E-state index contributed by atoms with van der Waals surface area (Å²) in [7, 11) is 1.53. The first-order valence-corrected chi connectivity index (χ1v) is 11.3. The number of nitrogens with zero attached hydrogens (tertiary/aromatic N) is 2. The number of carboxylic acid groups (broad SMARTS) is 2. The Kier molecular flexibility index (Phi) is 7.91. The number of urea groups is 1. The standard InChI is InChI=1S/C23H32N4O6/c1-14(25-17(21(29)30)9-8-15-6-4-3-5-7-15)20(28)27-18(22(31)32)12-16-10-11-26(13-19(16)27)23(33)24-2/h3-7,14,16-19,25H,8-13H2,1-2H3,(H,24,33)(H,29,30)(H,31,32)/t14-,16+,17+,18-,19-/m0/s1. The van der Waals surface area contributed by atoms with Crippen LogP contribution < -0.4 is 10.6 Å². The molecule has 5 atom stereocenters. The van der Waals surface area contributed by atoms with Crippen LogP contribution in [0.1, 0.15) is 31.7 Å². The maximum atomic E-state index is 13.4. The SMILES string of the molecule is CNC(=O)N1CC[C@@H]2C[C@@H](C(=O)O)N(C(=O)[C@H](C)N[C@H](CCc3ccccc3)C(=O)O)[C@H]2C1. The van der Waals surface area contributed by atoms with Crippen molar-refractivity contribution in [2.24, 2.45) is 5.92 Å². The minimum absolute atomic E-state index is 0.0171. The molecule has 3 rings (SSSR count). The molecule has 0 saturated carbocycles. The average molecular weight is 461 g/mol. The highest BCUT2D eigenvalue weighted by atomic mass is 16.4. The van der Waals surface area contributed by atoms with Gasteiger partial charge in [0.15, 0.2) is 0 Å². The van der Waals surface area contributed by atoms with Gasteiger partial charge in [-0.3, -0.25) is 14.9 Å². The van der Waals surface area contributed by atoms with Crippen LogP contribution in [0, 0.1) is 5.92 Å². The third kappa shape index (κ3) is 5.62. The van der Waals surface area contributed by atoms with E-state index in [0.29, 0.717) is 25.8 Å². The number of aliphatic carboxylic acids is 2. The number of nitrogens with one attached hydrogen (secondary N) is 2. The molecule has 3 amide bonds. The molecule has 2 aliphatic heterocycles. The summed E-state index contributed by atoms with van der Waals surface area (Å²) in [6.45, 7) is 2.32. The molecule has 2 saturated heterocycles. The number of fused-ring (bicyclic) bond motifs is 1. The molecule has 10 nitrogen and oxygen atoms in total. The van der Waals surface area contributed by atoms with Gasteiger partial charge in [0.2, 0.25) is 5.91 Å². The molecular formula is C23H32N4O6. The fraction of sp³-hybridized carbons (Fsp3) is 0.565. The zero-order chi connectivity index (χ0) is 24.1. The molecular weight excluding hydrogens is 428 g/mol. The molecule has 2 aliphatic rings. The molecule has 10 heteroatoms. The van der Waals surface area contributed by atoms with Crippen LogP contribution in [0.15, 0.2) is 30.3 Å². The second kappa shape index (κ2) is 10.7. The Morgan fingerprint density at radius 1 is 1.15 bits per heavy atom. The molecule has 0 bridgehead atoms. The summed E-state index contributed by atoms with van der Waals surface area (Å²) in [5.41, 5.74) is 0.995. The Hall–Kier alpha value is -3.14. The summed E-state index contributed by atoms with van der Waals surface area (Å²) >= 11 is 0. The highest BCUT2D eigenvalue weighted by Gasteiger charge is 2.50. The van der Waals surface area contributed by atoms with Gasteiger partial charge < -0.3 is 25.3 Å². The summed E-state index contributed by atoms with van der Waals surface area (Å²) in [4.78, 5) is 52.2. The molecule has 1 aromatic rings. The van der Waals surface area contributed by atoms with E-state index in [0.717, 1.165) is 5.56 Å². The molecule has 180 valence electrons. The van der Waals surface area contributed by atoms with E-state index in [4.69, 9.17) is 0 Å². The number of carbonyl (C=O) groups excluding carboxylic acids is 2. The molecule has 0 radical (unpaired) electrons. The molecule has 0 aromatic heterocycles. The summed E-state index contributed by atoms with van der Waals surface area (Å²) in [6.07, 6.45) is 1.76. The van der Waals surface area contributed by atoms with E-state index in [1.165, 1.54) is 11.9 Å². The second-order valence-corrected chi connectivity index (χ2v) is 8.76. The van der Waals surface area contributed by atoms with Crippen molar-refractivity contribution in [3.8, 4) is 0 Å². The molecule has 0 spiro atoms. The van der Waals surface area contributed by atoms with Crippen molar-refractivity contribution in [3.63, 3.8) is 0 Å². The molecule has 0 unspecified atom stereocenters. The summed E-state index contributed by atoms with van der Waals surface area (Å²) in [6, 6.07) is 5.95. The van der Waals surface area contributed by atoms with E-state index >= 15 is 0 Å². The van der Waals surface area contributed by atoms with Crippen molar-refractivity contribution in [2.75, 3.05) is 20.1 Å². The molecule has 2 fully saturated rings. The number of benzene rings is 1. The minimum Gasteiger partial charge on any atom is -0.480 e. The van der Waals surface area contributed by atoms with Gasteiger partial charge in [-0.15, -0.1) is 0 Å². The first-order valence-electron chi connectivity index (χ1n) is 11.3. The van der Waals surface area contributed by atoms with E-state index in [2.05, 4.69) is 10.6 Å². The quantitative estimate of drug-likeness (QED) is 0.449. The summed E-state index contributed by atoms with van der Waals surface area (Å²) in [5.74, 6) is -2.63. The van der Waals surface area contributed by atoms with Crippen molar-refractivity contribution < 1.29 is 29.4 Å². The molecule has 1 aromatic carbocycles. The summed E-state index contributed by atoms with van der Waals surface area (Å²) in [5, 5.41) is 24.9. The lowest BCUT2D eigenvalue weighted by Crippen LogP contribution is -2.59. The van der Waals surface area contributed by atoms with Gasteiger partial charge in [0.05, 0.1) is 12.1 Å². The average Bonchev–Trinajstić information content (AvgIpc) is 3.20. The molecule has 2 heterocycles. The molecule has 33 heavy (non-hydrogen) atoms. The highest BCUT2D eigenvalue weighted by molar-refractivity contribution is 5.88. The predicted octanol–water partition coefficient (Wildman–Crippen LogP) is 0.766. The molecule has 0 aliphatic carbocycles. The fourth-order valence-electron chi connectivity index (χ4n) is 4.91. The van der Waals surface area contributed by atoms with E-state index in [1.807, 2.05) is 30.3 Å². The number of aryl methyl sites for hydroxylation is 1. The van der Waals surface area contributed by atoms with Crippen molar-refractivity contribution in [1.82, 2.24) is 20.4 Å². The predicted molar refractivity (Wildman–Crippen MR) is 120 cm³/mol. The Labute approximate surface area is 192 Å². The third-order valence-corrected chi connectivity index (χ3v) is 6.67. The van der Waals surface area contributed by atoms with Crippen molar-refractivity contribution in [2.45, 2.75) is 56.8 Å². The fourth-order valence-corrected chi connectivity index (χ4v) is 4.91. The highest BCUT2D eigenvalue weighted by Crippen LogP contribution is 2.36. The van der Waals surface area contributed by atoms with E-state index in [1.54, 1.807) is 11.8 Å². The van der Waals surface area contributed by atoms with Gasteiger partial charge >= 0.3 is 18.0 Å². The van der Waals surface area contributed by atoms with Crippen LogP contribution in [-0.4, -0.2) is 88.2 Å². The Balaban J connectivity index is 1.71. The van der Waals surface area contributed by atoms with Crippen LogP contribution in [0.5, 0.6) is 0 Å². The van der Waals surface area contributed by atoms with Crippen molar-refractivity contribution >= 4 is 23.9 Å². The largest absolute Gasteiger partial charge is 0.480 e. The Morgan fingerprint density at radius 3 is 2.45 bits per heavy atom. The maximum absolute atomic E-state index is 13.4. The number of likely N-dealkylation sites (tertiary alicyclic amines) is 2. The second-order valence-electron chi connectivity index (χ2n) is 8.76. The number of rotatable bonds is 8. The number of piperidine rings is 1. The smallest absolute Gasteiger partial charge is 0.326 e. The summed E-state index contributed by atoms with van der Waals surface area (Å²) < 4.78 is 0. The number of hydrogen-bond acceptors (Lipinski definition) is 5. The van der Waals surface area contributed by atoms with E-state index in [-0.39, 0.29) is 24.9 Å². The lowest BCUT2D eigenvalue weighted by atomic mass is 9.91. The van der Waals surface area contributed by atoms with Gasteiger partial charge in [-0.25, -0.2) is 9.59 Å². The lowest BCUT2D eigenvalue weighted by Gasteiger charge is -2.39. The van der Waals surface area contributed by atoms with Crippen LogP contribution in [0.4, 0.5) is 4.79 Å². The van der Waals surface area contributed by atoms with Crippen molar-refractivity contribution in [3.05, 3.63) is 35.9 Å². The third-order valence-electron chi connectivity index (χ3n) is 6.67. The van der Waals surface area contributed by atoms with Crippen LogP contribution in [0.2, 0.25) is 0 Å². The van der Waals surface area contributed by atoms with Gasteiger partial charge in [-0.05, 0) is 44.1 Å². The monoisotopic (exact) mass is 460 g/mol. The number of hydrogen-bond donors (Lipinski definition) is 4. The van der Waals surface area contributed by atoms with Gasteiger partial charge in [0.25, 0.3) is 0 Å². The first kappa shape index (κ1) is 24.5. The van der Waals surface area contributed by atoms with Gasteiger partial charge in [0.1, 0.15) is 12.1 Å². The number of amides is 3. The molecule has 4 N–H and O–H groups in total. The maximum Gasteiger partial charge on any atom is 0.326 e. The lowest BCUT2D eigenvalue weighted by molar-refractivity contribution is -0.151. The van der Waals surface area contributed by atoms with E-state index in [9.17, 15) is 29.4 Å². The first-order chi connectivity index (χ1) is 15.7.